The van der Waals surface area contributed by atoms with E-state index in [1.165, 1.54) is 5.57 Å². The van der Waals surface area contributed by atoms with E-state index in [1.807, 2.05) is 13.8 Å². The second kappa shape index (κ2) is 4.69. The summed E-state index contributed by atoms with van der Waals surface area (Å²) < 4.78 is 0. The molecule has 14 heavy (non-hydrogen) atoms. The summed E-state index contributed by atoms with van der Waals surface area (Å²) in [6.45, 7) is 8.68. The fourth-order valence-corrected chi connectivity index (χ4v) is 0.878. The van der Waals surface area contributed by atoms with Crippen LogP contribution in [0.5, 0.6) is 0 Å². The monoisotopic (exact) mass is 192 g/mol. The standard InChI is InChI=1S/C10H16N4/c1-7(2)5-6-11-10-12-8(3)9(4)13-14-10/h5H,6H2,1-4H3,(H,11,12,14). The lowest BCUT2D eigenvalue weighted by molar-refractivity contribution is 0.895. The van der Waals surface area contributed by atoms with Gasteiger partial charge in [0.25, 0.3) is 0 Å². The smallest absolute Gasteiger partial charge is 0.243 e. The number of anilines is 1. The van der Waals surface area contributed by atoms with Gasteiger partial charge in [-0.1, -0.05) is 11.6 Å². The summed E-state index contributed by atoms with van der Waals surface area (Å²) in [6, 6.07) is 0. The molecule has 0 fully saturated rings. The molecule has 0 aliphatic carbocycles. The molecule has 0 radical (unpaired) electrons. The zero-order chi connectivity index (χ0) is 10.6. The maximum atomic E-state index is 4.26. The van der Waals surface area contributed by atoms with Crippen molar-refractivity contribution in [1.82, 2.24) is 15.2 Å². The Balaban J connectivity index is 2.60. The van der Waals surface area contributed by atoms with Gasteiger partial charge in [-0.3, -0.25) is 0 Å². The van der Waals surface area contributed by atoms with Gasteiger partial charge < -0.3 is 5.32 Å². The molecule has 0 aliphatic heterocycles. The van der Waals surface area contributed by atoms with Crippen LogP contribution < -0.4 is 5.32 Å². The number of aromatic nitrogens is 3. The van der Waals surface area contributed by atoms with Crippen LogP contribution in [-0.4, -0.2) is 21.7 Å². The second-order valence-corrected chi connectivity index (χ2v) is 3.47. The highest BCUT2D eigenvalue weighted by Gasteiger charge is 1.98. The van der Waals surface area contributed by atoms with Gasteiger partial charge >= 0.3 is 0 Å². The lowest BCUT2D eigenvalue weighted by atomic mass is 10.3. The van der Waals surface area contributed by atoms with E-state index < -0.39 is 0 Å². The third kappa shape index (κ3) is 3.12. The molecule has 0 spiro atoms. The van der Waals surface area contributed by atoms with Crippen molar-refractivity contribution < 1.29 is 0 Å². The molecule has 0 amide bonds. The molecule has 0 atom stereocenters. The maximum Gasteiger partial charge on any atom is 0.243 e. The van der Waals surface area contributed by atoms with E-state index in [0.29, 0.717) is 5.95 Å². The molecule has 76 valence electrons. The van der Waals surface area contributed by atoms with Crippen LogP contribution in [0.3, 0.4) is 0 Å². The van der Waals surface area contributed by atoms with Crippen LogP contribution in [0.2, 0.25) is 0 Å². The van der Waals surface area contributed by atoms with E-state index in [1.54, 1.807) is 0 Å². The van der Waals surface area contributed by atoms with Crippen molar-refractivity contribution in [3.63, 3.8) is 0 Å². The molecular formula is C10H16N4. The molecule has 0 aromatic carbocycles. The largest absolute Gasteiger partial charge is 0.349 e. The molecule has 0 bridgehead atoms. The second-order valence-electron chi connectivity index (χ2n) is 3.47. The van der Waals surface area contributed by atoms with Crippen LogP contribution in [0.4, 0.5) is 5.95 Å². The minimum absolute atomic E-state index is 0.589. The summed E-state index contributed by atoms with van der Waals surface area (Å²) in [7, 11) is 0. The van der Waals surface area contributed by atoms with E-state index >= 15 is 0 Å². The zero-order valence-electron chi connectivity index (χ0n) is 9.13. The molecule has 1 rings (SSSR count). The van der Waals surface area contributed by atoms with Crippen molar-refractivity contribution in [2.75, 3.05) is 11.9 Å². The Kier molecular flexibility index (Phi) is 3.56. The Morgan fingerprint density at radius 3 is 2.50 bits per heavy atom. The van der Waals surface area contributed by atoms with Gasteiger partial charge in [0, 0.05) is 6.54 Å². The van der Waals surface area contributed by atoms with E-state index in [2.05, 4.69) is 40.4 Å². The van der Waals surface area contributed by atoms with Gasteiger partial charge in [-0.15, -0.1) is 5.10 Å². The summed E-state index contributed by atoms with van der Waals surface area (Å²) in [4.78, 5) is 4.26. The average Bonchev–Trinajstić information content (AvgIpc) is 2.10. The Hall–Kier alpha value is -1.45. The third-order valence-corrected chi connectivity index (χ3v) is 1.86. The maximum absolute atomic E-state index is 4.26. The van der Waals surface area contributed by atoms with Crippen molar-refractivity contribution in [2.24, 2.45) is 0 Å². The molecule has 1 heterocycles. The van der Waals surface area contributed by atoms with Crippen LogP contribution in [0.25, 0.3) is 0 Å². The van der Waals surface area contributed by atoms with Crippen LogP contribution >= 0.6 is 0 Å². The van der Waals surface area contributed by atoms with Gasteiger partial charge in [0.05, 0.1) is 11.4 Å². The van der Waals surface area contributed by atoms with Crippen molar-refractivity contribution >= 4 is 5.95 Å². The summed E-state index contributed by atoms with van der Waals surface area (Å²) in [5, 5.41) is 11.0. The summed E-state index contributed by atoms with van der Waals surface area (Å²) >= 11 is 0. The first-order chi connectivity index (χ1) is 6.59. The van der Waals surface area contributed by atoms with Crippen LogP contribution in [0, 0.1) is 13.8 Å². The number of nitrogens with one attached hydrogen (secondary N) is 1. The fourth-order valence-electron chi connectivity index (χ4n) is 0.878. The Morgan fingerprint density at radius 2 is 1.93 bits per heavy atom. The van der Waals surface area contributed by atoms with Gasteiger partial charge in [-0.2, -0.15) is 5.10 Å². The van der Waals surface area contributed by atoms with Crippen LogP contribution in [0.15, 0.2) is 11.6 Å². The highest BCUT2D eigenvalue weighted by molar-refractivity contribution is 5.26. The van der Waals surface area contributed by atoms with Gasteiger partial charge in [-0.25, -0.2) is 4.98 Å². The molecule has 0 saturated carbocycles. The highest BCUT2D eigenvalue weighted by atomic mass is 15.2. The van der Waals surface area contributed by atoms with Gasteiger partial charge in [0.1, 0.15) is 0 Å². The number of hydrogen-bond donors (Lipinski definition) is 1. The summed E-state index contributed by atoms with van der Waals surface area (Å²) in [5.41, 5.74) is 3.06. The molecule has 0 unspecified atom stereocenters. The van der Waals surface area contributed by atoms with E-state index in [0.717, 1.165) is 17.9 Å². The number of hydrogen-bond acceptors (Lipinski definition) is 4. The number of aryl methyl sites for hydroxylation is 2. The number of rotatable bonds is 3. The normalized spacial score (nSPS) is 9.71. The zero-order valence-corrected chi connectivity index (χ0v) is 9.13. The van der Waals surface area contributed by atoms with E-state index in [4.69, 9.17) is 0 Å². The lowest BCUT2D eigenvalue weighted by Crippen LogP contribution is -2.07. The summed E-state index contributed by atoms with van der Waals surface area (Å²) in [6.07, 6.45) is 2.08. The van der Waals surface area contributed by atoms with Crippen LogP contribution in [-0.2, 0) is 0 Å². The van der Waals surface area contributed by atoms with Gasteiger partial charge in [-0.05, 0) is 27.7 Å². The first-order valence-corrected chi connectivity index (χ1v) is 4.64. The predicted octanol–water partition coefficient (Wildman–Crippen LogP) is 1.87. The minimum Gasteiger partial charge on any atom is -0.349 e. The van der Waals surface area contributed by atoms with Gasteiger partial charge in [0.2, 0.25) is 5.95 Å². The van der Waals surface area contributed by atoms with Crippen molar-refractivity contribution in [3.8, 4) is 0 Å². The van der Waals surface area contributed by atoms with Crippen molar-refractivity contribution in [3.05, 3.63) is 23.0 Å². The SMILES string of the molecule is CC(C)=CCNc1nnc(C)c(C)n1. The molecule has 0 aliphatic rings. The van der Waals surface area contributed by atoms with E-state index in [-0.39, 0.29) is 0 Å². The Labute approximate surface area is 84.5 Å². The average molecular weight is 192 g/mol. The molecule has 0 saturated heterocycles. The van der Waals surface area contributed by atoms with Crippen molar-refractivity contribution in [1.29, 1.82) is 0 Å². The van der Waals surface area contributed by atoms with Crippen LogP contribution in [0.1, 0.15) is 25.2 Å². The quantitative estimate of drug-likeness (QED) is 0.743. The first-order valence-electron chi connectivity index (χ1n) is 4.64. The molecule has 1 aromatic heterocycles. The minimum atomic E-state index is 0.589. The fraction of sp³-hybridized carbons (Fsp3) is 0.500. The molecule has 1 N–H and O–H groups in total. The van der Waals surface area contributed by atoms with Crippen molar-refractivity contribution in [2.45, 2.75) is 27.7 Å². The van der Waals surface area contributed by atoms with E-state index in [9.17, 15) is 0 Å². The molecule has 1 aromatic rings. The molecule has 4 heteroatoms. The third-order valence-electron chi connectivity index (χ3n) is 1.86. The Bertz CT molecular complexity index is 340. The number of nitrogens with zero attached hydrogens (tertiary/aromatic N) is 3. The highest BCUT2D eigenvalue weighted by Crippen LogP contribution is 2.01. The molecule has 4 nitrogen and oxygen atoms in total. The first kappa shape index (κ1) is 10.6. The number of allylic oxidation sites excluding steroid dienone is 1. The lowest BCUT2D eigenvalue weighted by Gasteiger charge is -2.02. The molecular weight excluding hydrogens is 176 g/mol. The summed E-state index contributed by atoms with van der Waals surface area (Å²) in [5.74, 6) is 0.589. The topological polar surface area (TPSA) is 50.7 Å². The van der Waals surface area contributed by atoms with Gasteiger partial charge in [0.15, 0.2) is 0 Å². The Morgan fingerprint density at radius 1 is 1.21 bits per heavy atom. The predicted molar refractivity (Wildman–Crippen MR) is 57.2 cm³/mol.